The monoisotopic (exact) mass is 401 g/mol. The number of hydrogen-bond donors (Lipinski definition) is 1. The van der Waals surface area contributed by atoms with Gasteiger partial charge in [0.2, 0.25) is 0 Å². The molecule has 2 unspecified atom stereocenters. The van der Waals surface area contributed by atoms with Gasteiger partial charge in [-0.15, -0.1) is 5.10 Å². The average Bonchev–Trinajstić information content (AvgIpc) is 3.47. The van der Waals surface area contributed by atoms with E-state index in [1.54, 1.807) is 24.5 Å². The maximum atomic E-state index is 13.5. The molecule has 8 heteroatoms. The molecule has 0 saturated carbocycles. The van der Waals surface area contributed by atoms with Gasteiger partial charge in [-0.3, -0.25) is 0 Å². The lowest BCUT2D eigenvalue weighted by Gasteiger charge is -2.18. The van der Waals surface area contributed by atoms with Gasteiger partial charge in [0.1, 0.15) is 17.3 Å². The molecule has 5 heterocycles. The number of aromatic nitrogens is 5. The molecule has 7 nitrogen and oxygen atoms in total. The highest BCUT2D eigenvalue weighted by Gasteiger charge is 2.36. The van der Waals surface area contributed by atoms with E-state index in [-0.39, 0.29) is 5.82 Å². The second-order valence-electron chi connectivity index (χ2n) is 7.99. The molecule has 1 N–H and O–H groups in total. The predicted octanol–water partition coefficient (Wildman–Crippen LogP) is 2.65. The van der Waals surface area contributed by atoms with Gasteiger partial charge >= 0.3 is 0 Å². The molecule has 0 aliphatic carbocycles. The molecule has 2 fully saturated rings. The summed E-state index contributed by atoms with van der Waals surface area (Å²) in [5.74, 6) is 2.04. The van der Waals surface area contributed by atoms with Crippen LogP contribution in [0.2, 0.25) is 0 Å². The van der Waals surface area contributed by atoms with Crippen LogP contribution in [0.1, 0.15) is 0 Å². The van der Waals surface area contributed by atoms with Gasteiger partial charge in [-0.1, -0.05) is 0 Å². The largest absolute Gasteiger partial charge is 0.355 e. The molecule has 150 valence electrons. The van der Waals surface area contributed by atoms with Crippen molar-refractivity contribution in [3.8, 4) is 22.5 Å². The topological polar surface area (TPSA) is 71.2 Å². The highest BCUT2D eigenvalue weighted by Crippen LogP contribution is 2.34. The highest BCUT2D eigenvalue weighted by atomic mass is 19.1. The molecule has 0 spiro atoms. The summed E-state index contributed by atoms with van der Waals surface area (Å²) in [7, 11) is 0. The van der Waals surface area contributed by atoms with E-state index in [9.17, 15) is 4.39 Å². The van der Waals surface area contributed by atoms with Gasteiger partial charge < -0.3 is 10.2 Å². The van der Waals surface area contributed by atoms with Crippen molar-refractivity contribution in [3.05, 3.63) is 60.7 Å². The van der Waals surface area contributed by atoms with Crippen molar-refractivity contribution in [1.29, 1.82) is 0 Å². The number of fused-ring (bicyclic) bond motifs is 2. The van der Waals surface area contributed by atoms with Gasteiger partial charge in [-0.2, -0.15) is 10.2 Å². The molecular formula is C22H20FN7. The van der Waals surface area contributed by atoms with Gasteiger partial charge in [-0.05, 0) is 54.3 Å². The highest BCUT2D eigenvalue weighted by molar-refractivity contribution is 5.81. The second-order valence-corrected chi connectivity index (χ2v) is 7.99. The molecule has 0 radical (unpaired) electrons. The minimum absolute atomic E-state index is 0.274. The van der Waals surface area contributed by atoms with Crippen molar-refractivity contribution in [1.82, 2.24) is 30.1 Å². The minimum atomic E-state index is -0.274. The Labute approximate surface area is 172 Å². The first-order valence-electron chi connectivity index (χ1n) is 10.1. The van der Waals surface area contributed by atoms with E-state index < -0.39 is 0 Å². The lowest BCUT2D eigenvalue weighted by molar-refractivity contribution is 0.533. The molecular weight excluding hydrogens is 381 g/mol. The molecule has 0 amide bonds. The van der Waals surface area contributed by atoms with Crippen LogP contribution in [0.4, 0.5) is 10.2 Å². The quantitative estimate of drug-likeness (QED) is 0.569. The second kappa shape index (κ2) is 6.84. The first-order valence-corrected chi connectivity index (χ1v) is 10.1. The number of benzene rings is 1. The van der Waals surface area contributed by atoms with Crippen molar-refractivity contribution < 1.29 is 4.39 Å². The van der Waals surface area contributed by atoms with E-state index in [1.165, 1.54) is 12.1 Å². The van der Waals surface area contributed by atoms with E-state index in [2.05, 4.69) is 20.4 Å². The SMILES string of the molecule is Fc1ccc(-c2nc3ccc(N4CC5CNCC5C4)nn3c2-c2ccnnc2)cc1. The summed E-state index contributed by atoms with van der Waals surface area (Å²) in [5, 5.41) is 16.4. The summed E-state index contributed by atoms with van der Waals surface area (Å²) in [5.41, 5.74) is 4.01. The zero-order valence-electron chi connectivity index (χ0n) is 16.2. The summed E-state index contributed by atoms with van der Waals surface area (Å²) in [6.45, 7) is 4.19. The smallest absolute Gasteiger partial charge is 0.155 e. The molecule has 30 heavy (non-hydrogen) atoms. The maximum Gasteiger partial charge on any atom is 0.155 e. The molecule has 2 saturated heterocycles. The summed E-state index contributed by atoms with van der Waals surface area (Å²) in [4.78, 5) is 7.18. The average molecular weight is 401 g/mol. The molecule has 2 atom stereocenters. The standard InChI is InChI=1S/C22H20FN7/c23-18-3-1-14(2-4-18)21-22(15-7-8-25-26-11-15)30-19(27-21)5-6-20(28-30)29-12-16-9-24-10-17(16)13-29/h1-8,11,16-17,24H,9-10,12-13H2. The number of nitrogens with one attached hydrogen (secondary N) is 1. The Bertz CT molecular complexity index is 1190. The number of nitrogens with zero attached hydrogens (tertiary/aromatic N) is 6. The van der Waals surface area contributed by atoms with Crippen LogP contribution in [0.25, 0.3) is 28.2 Å². The number of anilines is 1. The summed E-state index contributed by atoms with van der Waals surface area (Å²) < 4.78 is 15.4. The van der Waals surface area contributed by atoms with E-state index >= 15 is 0 Å². The summed E-state index contributed by atoms with van der Waals surface area (Å²) in [6, 6.07) is 12.3. The Morgan fingerprint density at radius 3 is 2.43 bits per heavy atom. The molecule has 0 bridgehead atoms. The Kier molecular flexibility index (Phi) is 3.98. The fourth-order valence-corrected chi connectivity index (χ4v) is 4.63. The van der Waals surface area contributed by atoms with Crippen molar-refractivity contribution in [2.75, 3.05) is 31.1 Å². The van der Waals surface area contributed by atoms with Crippen LogP contribution in [-0.4, -0.2) is 51.0 Å². The van der Waals surface area contributed by atoms with E-state index in [0.717, 1.165) is 60.2 Å². The first-order chi connectivity index (χ1) is 14.8. The van der Waals surface area contributed by atoms with Gasteiger partial charge in [0.05, 0.1) is 18.1 Å². The van der Waals surface area contributed by atoms with Crippen LogP contribution in [0.15, 0.2) is 54.9 Å². The number of halogens is 1. The van der Waals surface area contributed by atoms with Crippen LogP contribution in [0.3, 0.4) is 0 Å². The normalized spacial score (nSPS) is 20.8. The van der Waals surface area contributed by atoms with Crippen molar-refractivity contribution >= 4 is 11.5 Å². The third-order valence-corrected chi connectivity index (χ3v) is 6.15. The summed E-state index contributed by atoms with van der Waals surface area (Å²) in [6.07, 6.45) is 3.36. The van der Waals surface area contributed by atoms with Crippen LogP contribution in [0, 0.1) is 17.7 Å². The van der Waals surface area contributed by atoms with Gasteiger partial charge in [0.15, 0.2) is 5.65 Å². The van der Waals surface area contributed by atoms with Crippen LogP contribution in [0.5, 0.6) is 0 Å². The fourth-order valence-electron chi connectivity index (χ4n) is 4.63. The minimum Gasteiger partial charge on any atom is -0.355 e. The predicted molar refractivity (Wildman–Crippen MR) is 111 cm³/mol. The maximum absolute atomic E-state index is 13.5. The summed E-state index contributed by atoms with van der Waals surface area (Å²) >= 11 is 0. The Hall–Kier alpha value is -3.39. The van der Waals surface area contributed by atoms with Crippen molar-refractivity contribution in [3.63, 3.8) is 0 Å². The van der Waals surface area contributed by atoms with Crippen LogP contribution >= 0.6 is 0 Å². The molecule has 6 rings (SSSR count). The zero-order valence-corrected chi connectivity index (χ0v) is 16.2. The number of hydrogen-bond acceptors (Lipinski definition) is 6. The van der Waals surface area contributed by atoms with Crippen molar-refractivity contribution in [2.24, 2.45) is 11.8 Å². The van der Waals surface area contributed by atoms with Crippen molar-refractivity contribution in [2.45, 2.75) is 0 Å². The van der Waals surface area contributed by atoms with Crippen LogP contribution < -0.4 is 10.2 Å². The molecule has 2 aliphatic heterocycles. The molecule has 3 aromatic heterocycles. The lowest BCUT2D eigenvalue weighted by Crippen LogP contribution is -2.26. The number of rotatable bonds is 3. The van der Waals surface area contributed by atoms with Gasteiger partial charge in [-0.25, -0.2) is 13.9 Å². The Morgan fingerprint density at radius 2 is 1.70 bits per heavy atom. The van der Waals surface area contributed by atoms with Gasteiger partial charge in [0, 0.05) is 37.3 Å². The third-order valence-electron chi connectivity index (χ3n) is 6.15. The van der Waals surface area contributed by atoms with Crippen LogP contribution in [-0.2, 0) is 0 Å². The third kappa shape index (κ3) is 2.83. The Balaban J connectivity index is 1.50. The van der Waals surface area contributed by atoms with Gasteiger partial charge in [0.25, 0.3) is 0 Å². The molecule has 2 aliphatic rings. The molecule has 4 aromatic rings. The van der Waals surface area contributed by atoms with E-state index in [4.69, 9.17) is 10.1 Å². The lowest BCUT2D eigenvalue weighted by atomic mass is 10.0. The molecule has 1 aromatic carbocycles. The van der Waals surface area contributed by atoms with E-state index in [0.29, 0.717) is 11.8 Å². The number of imidazole rings is 1. The fraction of sp³-hybridized carbons (Fsp3) is 0.273. The Morgan fingerprint density at radius 1 is 0.900 bits per heavy atom. The first kappa shape index (κ1) is 17.5. The van der Waals surface area contributed by atoms with E-state index in [1.807, 2.05) is 22.7 Å². The zero-order chi connectivity index (χ0) is 20.1.